The average molecular weight is 267 g/mol. The number of halogens is 2. The van der Waals surface area contributed by atoms with E-state index in [1.54, 1.807) is 18.3 Å². The van der Waals surface area contributed by atoms with Crippen molar-refractivity contribution in [2.75, 3.05) is 5.73 Å². The first-order valence-electron chi connectivity index (χ1n) is 4.34. The number of nitrogens with zero attached hydrogens (tertiary/aromatic N) is 1. The van der Waals surface area contributed by atoms with Crippen LogP contribution in [-0.4, -0.2) is 4.98 Å². The van der Waals surface area contributed by atoms with Gasteiger partial charge in [-0.05, 0) is 39.7 Å². The quantitative estimate of drug-likeness (QED) is 0.636. The van der Waals surface area contributed by atoms with E-state index in [1.807, 2.05) is 12.1 Å². The van der Waals surface area contributed by atoms with Crippen molar-refractivity contribution in [1.82, 2.24) is 4.98 Å². The van der Waals surface area contributed by atoms with Gasteiger partial charge in [-0.15, -0.1) is 0 Å². The van der Waals surface area contributed by atoms with Gasteiger partial charge in [0.2, 0.25) is 0 Å². The third-order valence-corrected chi connectivity index (χ3v) is 2.53. The van der Waals surface area contributed by atoms with Crippen LogP contribution in [0.4, 0.5) is 10.1 Å². The van der Waals surface area contributed by atoms with Crippen molar-refractivity contribution in [2.45, 2.75) is 0 Å². The van der Waals surface area contributed by atoms with Gasteiger partial charge in [-0.1, -0.05) is 12.1 Å². The Hall–Kier alpha value is -1.42. The summed E-state index contributed by atoms with van der Waals surface area (Å²) in [7, 11) is 0. The zero-order chi connectivity index (χ0) is 10.8. The van der Waals surface area contributed by atoms with Crippen LogP contribution in [0.1, 0.15) is 0 Å². The van der Waals surface area contributed by atoms with Gasteiger partial charge in [0, 0.05) is 11.8 Å². The summed E-state index contributed by atoms with van der Waals surface area (Å²) in [5, 5.41) is 0. The van der Waals surface area contributed by atoms with Crippen LogP contribution in [0.2, 0.25) is 0 Å². The van der Waals surface area contributed by atoms with Crippen molar-refractivity contribution in [3.8, 4) is 11.1 Å². The Bertz CT molecular complexity index is 482. The number of anilines is 1. The Morgan fingerprint density at radius 3 is 2.47 bits per heavy atom. The molecule has 0 fully saturated rings. The lowest BCUT2D eigenvalue weighted by Gasteiger charge is -2.02. The summed E-state index contributed by atoms with van der Waals surface area (Å²) in [6.07, 6.45) is 1.68. The van der Waals surface area contributed by atoms with Crippen LogP contribution in [-0.2, 0) is 0 Å². The smallest absolute Gasteiger partial charge is 0.146 e. The molecule has 76 valence electrons. The van der Waals surface area contributed by atoms with Crippen molar-refractivity contribution in [2.24, 2.45) is 0 Å². The molecule has 0 spiro atoms. The van der Waals surface area contributed by atoms with Crippen LogP contribution >= 0.6 is 15.9 Å². The molecule has 0 radical (unpaired) electrons. The monoisotopic (exact) mass is 266 g/mol. The summed E-state index contributed by atoms with van der Waals surface area (Å²) in [4.78, 5) is 4.07. The van der Waals surface area contributed by atoms with Gasteiger partial charge >= 0.3 is 0 Å². The maximum atomic E-state index is 13.2. The van der Waals surface area contributed by atoms with Crippen LogP contribution in [0.5, 0.6) is 0 Å². The van der Waals surface area contributed by atoms with Gasteiger partial charge in [-0.3, -0.25) is 0 Å². The molecule has 0 aliphatic rings. The van der Waals surface area contributed by atoms with E-state index in [-0.39, 0.29) is 5.69 Å². The zero-order valence-electron chi connectivity index (χ0n) is 7.74. The van der Waals surface area contributed by atoms with Gasteiger partial charge in [0.15, 0.2) is 0 Å². The molecule has 2 aromatic rings. The topological polar surface area (TPSA) is 38.9 Å². The first-order chi connectivity index (χ1) is 7.16. The van der Waals surface area contributed by atoms with Gasteiger partial charge in [0.05, 0.1) is 5.69 Å². The largest absolute Gasteiger partial charge is 0.396 e. The van der Waals surface area contributed by atoms with E-state index < -0.39 is 5.82 Å². The molecule has 2 N–H and O–H groups in total. The molecule has 0 atom stereocenters. The minimum Gasteiger partial charge on any atom is -0.396 e. The van der Waals surface area contributed by atoms with Gasteiger partial charge in [-0.2, -0.15) is 0 Å². The summed E-state index contributed by atoms with van der Waals surface area (Å²) in [6, 6.07) is 8.39. The number of pyridine rings is 1. The Morgan fingerprint density at radius 2 is 1.87 bits per heavy atom. The number of benzene rings is 1. The standard InChI is InChI=1S/C11H8BrFN2/c12-11-4-2-8(6-15-11)7-1-3-10(14)9(13)5-7/h1-6H,14H2. The highest BCUT2D eigenvalue weighted by molar-refractivity contribution is 9.10. The molecule has 0 aliphatic heterocycles. The fourth-order valence-electron chi connectivity index (χ4n) is 1.25. The van der Waals surface area contributed by atoms with Crippen molar-refractivity contribution >= 4 is 21.6 Å². The van der Waals surface area contributed by atoms with E-state index in [0.717, 1.165) is 15.7 Å². The summed E-state index contributed by atoms with van der Waals surface area (Å²) in [5.74, 6) is -0.407. The molecule has 2 nitrogen and oxygen atoms in total. The number of hydrogen-bond acceptors (Lipinski definition) is 2. The number of hydrogen-bond donors (Lipinski definition) is 1. The normalized spacial score (nSPS) is 10.3. The van der Waals surface area contributed by atoms with Gasteiger partial charge < -0.3 is 5.73 Å². The highest BCUT2D eigenvalue weighted by Gasteiger charge is 2.02. The highest BCUT2D eigenvalue weighted by Crippen LogP contribution is 2.23. The number of aromatic nitrogens is 1. The second-order valence-corrected chi connectivity index (χ2v) is 3.92. The molecular weight excluding hydrogens is 259 g/mol. The molecule has 0 saturated heterocycles. The maximum Gasteiger partial charge on any atom is 0.146 e. The average Bonchev–Trinajstić information content (AvgIpc) is 2.23. The predicted molar refractivity (Wildman–Crippen MR) is 61.7 cm³/mol. The molecular formula is C11H8BrFN2. The molecule has 0 unspecified atom stereocenters. The van der Waals surface area contributed by atoms with E-state index in [2.05, 4.69) is 20.9 Å². The maximum absolute atomic E-state index is 13.2. The Labute approximate surface area is 95.1 Å². The van der Waals surface area contributed by atoms with Gasteiger partial charge in [0.25, 0.3) is 0 Å². The second-order valence-electron chi connectivity index (χ2n) is 3.11. The molecule has 4 heteroatoms. The molecule has 0 aliphatic carbocycles. The fourth-order valence-corrected chi connectivity index (χ4v) is 1.49. The lowest BCUT2D eigenvalue weighted by Crippen LogP contribution is -1.90. The van der Waals surface area contributed by atoms with Crippen LogP contribution in [0.25, 0.3) is 11.1 Å². The van der Waals surface area contributed by atoms with E-state index in [9.17, 15) is 4.39 Å². The molecule has 0 bridgehead atoms. The molecule has 1 heterocycles. The van der Waals surface area contributed by atoms with E-state index in [0.29, 0.717) is 0 Å². The first kappa shape index (κ1) is 10.1. The van der Waals surface area contributed by atoms with Crippen LogP contribution < -0.4 is 5.73 Å². The Balaban J connectivity index is 2.45. The number of nitrogens with two attached hydrogens (primary N) is 1. The SMILES string of the molecule is Nc1ccc(-c2ccc(Br)nc2)cc1F. The summed E-state index contributed by atoms with van der Waals surface area (Å²) < 4.78 is 13.9. The molecule has 0 saturated carbocycles. The second kappa shape index (κ2) is 3.98. The predicted octanol–water partition coefficient (Wildman–Crippen LogP) is 3.23. The van der Waals surface area contributed by atoms with Crippen LogP contribution in [0, 0.1) is 5.82 Å². The molecule has 0 amide bonds. The van der Waals surface area contributed by atoms with Gasteiger partial charge in [-0.25, -0.2) is 9.37 Å². The van der Waals surface area contributed by atoms with Gasteiger partial charge in [0.1, 0.15) is 10.4 Å². The number of nitrogen functional groups attached to an aromatic ring is 1. The highest BCUT2D eigenvalue weighted by atomic mass is 79.9. The molecule has 2 rings (SSSR count). The summed E-state index contributed by atoms with van der Waals surface area (Å²) in [5.41, 5.74) is 7.17. The van der Waals surface area contributed by atoms with Crippen molar-refractivity contribution in [3.05, 3.63) is 46.9 Å². The summed E-state index contributed by atoms with van der Waals surface area (Å²) in [6.45, 7) is 0. The minimum absolute atomic E-state index is 0.156. The zero-order valence-corrected chi connectivity index (χ0v) is 9.33. The summed E-state index contributed by atoms with van der Waals surface area (Å²) >= 11 is 3.24. The van der Waals surface area contributed by atoms with Crippen molar-refractivity contribution in [1.29, 1.82) is 0 Å². The Morgan fingerprint density at radius 1 is 1.13 bits per heavy atom. The number of rotatable bonds is 1. The van der Waals surface area contributed by atoms with Crippen LogP contribution in [0.3, 0.4) is 0 Å². The first-order valence-corrected chi connectivity index (χ1v) is 5.13. The van der Waals surface area contributed by atoms with E-state index >= 15 is 0 Å². The van der Waals surface area contributed by atoms with E-state index in [1.165, 1.54) is 6.07 Å². The minimum atomic E-state index is -0.407. The molecule has 1 aromatic heterocycles. The fraction of sp³-hybridized carbons (Fsp3) is 0. The third-order valence-electron chi connectivity index (χ3n) is 2.06. The van der Waals surface area contributed by atoms with E-state index in [4.69, 9.17) is 5.73 Å². The molecule has 1 aromatic carbocycles. The van der Waals surface area contributed by atoms with Crippen molar-refractivity contribution < 1.29 is 4.39 Å². The lowest BCUT2D eigenvalue weighted by atomic mass is 10.1. The Kier molecular flexibility index (Phi) is 2.68. The van der Waals surface area contributed by atoms with Crippen LogP contribution in [0.15, 0.2) is 41.1 Å². The van der Waals surface area contributed by atoms with Crippen molar-refractivity contribution in [3.63, 3.8) is 0 Å². The molecule has 15 heavy (non-hydrogen) atoms. The third kappa shape index (κ3) is 2.15. The lowest BCUT2D eigenvalue weighted by molar-refractivity contribution is 0.633.